The molecular weight excluding hydrogens is 290 g/mol. The van der Waals surface area contributed by atoms with Crippen molar-refractivity contribution in [1.82, 2.24) is 15.5 Å². The average Bonchev–Trinajstić information content (AvgIpc) is 3.08. The minimum Gasteiger partial charge on any atom is -0.352 e. The van der Waals surface area contributed by atoms with E-state index in [0.717, 1.165) is 38.9 Å². The minimum absolute atomic E-state index is 0.0202. The first-order chi connectivity index (χ1) is 11.1. The van der Waals surface area contributed by atoms with E-state index < -0.39 is 5.41 Å². The van der Waals surface area contributed by atoms with Gasteiger partial charge in [0.25, 0.3) is 5.91 Å². The Kier molecular flexibility index (Phi) is 4.66. The Hall–Kier alpha value is -1.88. The third-order valence-corrected chi connectivity index (χ3v) is 4.95. The fourth-order valence-electron chi connectivity index (χ4n) is 3.50. The van der Waals surface area contributed by atoms with Crippen molar-refractivity contribution in [3.63, 3.8) is 0 Å². The van der Waals surface area contributed by atoms with Crippen LogP contribution in [-0.4, -0.2) is 48.9 Å². The highest BCUT2D eigenvalue weighted by molar-refractivity contribution is 5.95. The Labute approximate surface area is 137 Å². The molecule has 2 saturated heterocycles. The fraction of sp³-hybridized carbons (Fsp3) is 0.556. The Balaban J connectivity index is 1.66. The first kappa shape index (κ1) is 16.0. The van der Waals surface area contributed by atoms with Gasteiger partial charge >= 0.3 is 0 Å². The van der Waals surface area contributed by atoms with Crippen LogP contribution in [0.1, 0.15) is 36.5 Å². The van der Waals surface area contributed by atoms with E-state index >= 15 is 0 Å². The molecule has 0 radical (unpaired) electrons. The molecule has 0 aliphatic carbocycles. The Morgan fingerprint density at radius 1 is 1.30 bits per heavy atom. The van der Waals surface area contributed by atoms with Crippen molar-refractivity contribution in [3.8, 4) is 0 Å². The number of hydrogen-bond donors (Lipinski definition) is 2. The lowest BCUT2D eigenvalue weighted by Crippen LogP contribution is -2.53. The molecule has 124 valence electrons. The van der Waals surface area contributed by atoms with Gasteiger partial charge < -0.3 is 15.5 Å². The van der Waals surface area contributed by atoms with Gasteiger partial charge in [0.2, 0.25) is 5.91 Å². The van der Waals surface area contributed by atoms with Crippen molar-refractivity contribution in [2.45, 2.75) is 32.2 Å². The number of rotatable bonds is 3. The molecule has 3 rings (SSSR count). The van der Waals surface area contributed by atoms with Crippen molar-refractivity contribution >= 4 is 11.8 Å². The normalized spacial score (nSPS) is 27.7. The van der Waals surface area contributed by atoms with Crippen LogP contribution in [-0.2, 0) is 4.79 Å². The molecule has 0 aromatic heterocycles. The van der Waals surface area contributed by atoms with Crippen molar-refractivity contribution in [3.05, 3.63) is 35.9 Å². The zero-order chi connectivity index (χ0) is 16.3. The van der Waals surface area contributed by atoms with E-state index in [0.29, 0.717) is 12.1 Å². The Bertz CT molecular complexity index is 569. The lowest BCUT2D eigenvalue weighted by Gasteiger charge is -2.39. The Morgan fingerprint density at radius 3 is 2.78 bits per heavy atom. The number of carbonyl (C=O) groups is 2. The van der Waals surface area contributed by atoms with Gasteiger partial charge in [-0.3, -0.25) is 9.59 Å². The number of likely N-dealkylation sites (tertiary alicyclic amines) is 1. The molecule has 5 heteroatoms. The number of amides is 2. The van der Waals surface area contributed by atoms with Crippen LogP contribution in [0.15, 0.2) is 30.3 Å². The van der Waals surface area contributed by atoms with Crippen LogP contribution in [0.4, 0.5) is 0 Å². The fourth-order valence-corrected chi connectivity index (χ4v) is 3.50. The maximum atomic E-state index is 12.7. The first-order valence-electron chi connectivity index (χ1n) is 8.44. The van der Waals surface area contributed by atoms with Gasteiger partial charge in [-0.2, -0.15) is 0 Å². The molecule has 0 spiro atoms. The van der Waals surface area contributed by atoms with Crippen LogP contribution >= 0.6 is 0 Å². The molecule has 2 aliphatic heterocycles. The summed E-state index contributed by atoms with van der Waals surface area (Å²) < 4.78 is 0. The van der Waals surface area contributed by atoms with Crippen molar-refractivity contribution < 1.29 is 9.59 Å². The highest BCUT2D eigenvalue weighted by Gasteiger charge is 2.40. The predicted molar refractivity (Wildman–Crippen MR) is 89.1 cm³/mol. The number of piperidine rings is 1. The second-order valence-corrected chi connectivity index (χ2v) is 6.92. The molecule has 0 bridgehead atoms. The molecule has 0 saturated carbocycles. The van der Waals surface area contributed by atoms with Gasteiger partial charge in [0.1, 0.15) is 0 Å². The lowest BCUT2D eigenvalue weighted by atomic mass is 9.80. The SMILES string of the molecule is CC1(C(=O)NC2CCNC2)CCCN(C(=O)c2ccccc2)C1. The van der Waals surface area contributed by atoms with E-state index in [2.05, 4.69) is 10.6 Å². The summed E-state index contributed by atoms with van der Waals surface area (Å²) in [6, 6.07) is 9.53. The minimum atomic E-state index is -0.495. The van der Waals surface area contributed by atoms with Crippen LogP contribution < -0.4 is 10.6 Å². The van der Waals surface area contributed by atoms with Crippen LogP contribution in [0.3, 0.4) is 0 Å². The smallest absolute Gasteiger partial charge is 0.253 e. The van der Waals surface area contributed by atoms with E-state index in [4.69, 9.17) is 0 Å². The van der Waals surface area contributed by atoms with Crippen molar-refractivity contribution in [2.24, 2.45) is 5.41 Å². The van der Waals surface area contributed by atoms with Gasteiger partial charge in [-0.1, -0.05) is 18.2 Å². The second kappa shape index (κ2) is 6.71. The van der Waals surface area contributed by atoms with E-state index in [9.17, 15) is 9.59 Å². The van der Waals surface area contributed by atoms with Gasteiger partial charge in [-0.25, -0.2) is 0 Å². The summed E-state index contributed by atoms with van der Waals surface area (Å²) in [5, 5.41) is 6.41. The molecule has 5 nitrogen and oxygen atoms in total. The molecule has 23 heavy (non-hydrogen) atoms. The monoisotopic (exact) mass is 315 g/mol. The van der Waals surface area contributed by atoms with Crippen LogP contribution in [0, 0.1) is 5.41 Å². The molecule has 1 aromatic rings. The number of nitrogens with one attached hydrogen (secondary N) is 2. The van der Waals surface area contributed by atoms with Gasteiger partial charge in [-0.15, -0.1) is 0 Å². The second-order valence-electron chi connectivity index (χ2n) is 6.92. The number of carbonyl (C=O) groups excluding carboxylic acids is 2. The molecule has 2 unspecified atom stereocenters. The van der Waals surface area contributed by atoms with Crippen molar-refractivity contribution in [2.75, 3.05) is 26.2 Å². The van der Waals surface area contributed by atoms with Gasteiger partial charge in [0.05, 0.1) is 5.41 Å². The summed E-state index contributed by atoms with van der Waals surface area (Å²) in [7, 11) is 0. The number of nitrogens with zero attached hydrogens (tertiary/aromatic N) is 1. The highest BCUT2D eigenvalue weighted by atomic mass is 16.2. The highest BCUT2D eigenvalue weighted by Crippen LogP contribution is 2.30. The summed E-state index contributed by atoms with van der Waals surface area (Å²) in [5.74, 6) is 0.101. The molecule has 2 aliphatic rings. The van der Waals surface area contributed by atoms with E-state index in [1.807, 2.05) is 42.2 Å². The third-order valence-electron chi connectivity index (χ3n) is 4.95. The van der Waals surface area contributed by atoms with E-state index in [1.165, 1.54) is 0 Å². The standard InChI is InChI=1S/C18H25N3O2/c1-18(17(23)20-15-8-10-19-12-15)9-5-11-21(13-18)16(22)14-6-3-2-4-7-14/h2-4,6-7,15,19H,5,8-13H2,1H3,(H,20,23). The molecular formula is C18H25N3O2. The molecule has 2 N–H and O–H groups in total. The molecule has 2 heterocycles. The van der Waals surface area contributed by atoms with Gasteiger partial charge in [0, 0.05) is 31.2 Å². The van der Waals surface area contributed by atoms with Gasteiger partial charge in [0.15, 0.2) is 0 Å². The molecule has 2 atom stereocenters. The van der Waals surface area contributed by atoms with Crippen LogP contribution in [0.5, 0.6) is 0 Å². The lowest BCUT2D eigenvalue weighted by molar-refractivity contribution is -0.133. The van der Waals surface area contributed by atoms with Crippen molar-refractivity contribution in [1.29, 1.82) is 0 Å². The van der Waals surface area contributed by atoms with Crippen LogP contribution in [0.2, 0.25) is 0 Å². The largest absolute Gasteiger partial charge is 0.352 e. The molecule has 2 amide bonds. The van der Waals surface area contributed by atoms with E-state index in [-0.39, 0.29) is 17.9 Å². The summed E-state index contributed by atoms with van der Waals surface area (Å²) in [6.45, 7) is 5.00. The number of hydrogen-bond acceptors (Lipinski definition) is 3. The maximum Gasteiger partial charge on any atom is 0.253 e. The molecule has 2 fully saturated rings. The summed E-state index contributed by atoms with van der Waals surface area (Å²) >= 11 is 0. The average molecular weight is 315 g/mol. The summed E-state index contributed by atoms with van der Waals surface area (Å²) in [4.78, 5) is 27.2. The van der Waals surface area contributed by atoms with Gasteiger partial charge in [-0.05, 0) is 44.9 Å². The van der Waals surface area contributed by atoms with Crippen LogP contribution in [0.25, 0.3) is 0 Å². The Morgan fingerprint density at radius 2 is 2.09 bits per heavy atom. The zero-order valence-corrected chi connectivity index (χ0v) is 13.7. The third kappa shape index (κ3) is 3.55. The summed E-state index contributed by atoms with van der Waals surface area (Å²) in [5.41, 5.74) is 0.197. The predicted octanol–water partition coefficient (Wildman–Crippen LogP) is 1.41. The first-order valence-corrected chi connectivity index (χ1v) is 8.44. The maximum absolute atomic E-state index is 12.7. The summed E-state index contributed by atoms with van der Waals surface area (Å²) in [6.07, 6.45) is 2.68. The van der Waals surface area contributed by atoms with E-state index in [1.54, 1.807) is 0 Å². The number of benzene rings is 1. The molecule has 1 aromatic carbocycles. The topological polar surface area (TPSA) is 61.4 Å². The zero-order valence-electron chi connectivity index (χ0n) is 13.7. The quantitative estimate of drug-likeness (QED) is 0.886.